The molecule has 0 amide bonds. The van der Waals surface area contributed by atoms with Crippen molar-refractivity contribution in [3.8, 4) is 34.3 Å². The van der Waals surface area contributed by atoms with Crippen LogP contribution in [0.5, 0.6) is 0 Å². The highest BCUT2D eigenvalue weighted by molar-refractivity contribution is 7.16. The molecule has 0 unspecified atom stereocenters. The molecule has 37 heavy (non-hydrogen) atoms. The van der Waals surface area contributed by atoms with Gasteiger partial charge < -0.3 is 4.57 Å². The molecule has 0 atom stereocenters. The molecule has 6 rings (SSSR count). The molecule has 0 N–H and O–H groups in total. The number of hydrogen-bond donors (Lipinski definition) is 0. The van der Waals surface area contributed by atoms with E-state index in [1.54, 1.807) is 11.3 Å². The van der Waals surface area contributed by atoms with E-state index < -0.39 is 0 Å². The largest absolute Gasteiger partial charge is 0.309 e. The standard InChI is InChI=1S/C32H24ClN3S/c33-25-15-17-26(18-16-25)36-29(22-9-3-1-4-10-22)19-24(31(36)23-11-5-2-6-12-23)21-35-32-28(20-34)27-13-7-8-14-30(27)37-32/h1-6,9-12,15-19,21H,7-8,13-14H2. The molecule has 2 heterocycles. The van der Waals surface area contributed by atoms with Crippen molar-refractivity contribution in [1.29, 1.82) is 5.26 Å². The predicted octanol–water partition coefficient (Wildman–Crippen LogP) is 9.03. The third-order valence-electron chi connectivity index (χ3n) is 6.82. The fourth-order valence-corrected chi connectivity index (χ4v) is 6.39. The lowest BCUT2D eigenvalue weighted by atomic mass is 9.96. The van der Waals surface area contributed by atoms with Gasteiger partial charge >= 0.3 is 0 Å². The van der Waals surface area contributed by atoms with E-state index in [1.165, 1.54) is 16.9 Å². The predicted molar refractivity (Wildman–Crippen MR) is 155 cm³/mol. The summed E-state index contributed by atoms with van der Waals surface area (Å²) in [7, 11) is 0. The summed E-state index contributed by atoms with van der Waals surface area (Å²) < 4.78 is 2.27. The molecular formula is C32H24ClN3S. The van der Waals surface area contributed by atoms with E-state index in [9.17, 15) is 5.26 Å². The average molecular weight is 518 g/mol. The zero-order valence-electron chi connectivity index (χ0n) is 20.2. The Morgan fingerprint density at radius 2 is 1.54 bits per heavy atom. The summed E-state index contributed by atoms with van der Waals surface area (Å²) >= 11 is 7.92. The van der Waals surface area contributed by atoms with Crippen LogP contribution in [-0.4, -0.2) is 10.8 Å². The summed E-state index contributed by atoms with van der Waals surface area (Å²) in [6, 6.07) is 33.3. The average Bonchev–Trinajstić information content (AvgIpc) is 3.51. The minimum absolute atomic E-state index is 0.700. The first-order valence-electron chi connectivity index (χ1n) is 12.4. The normalized spacial score (nSPS) is 13.0. The van der Waals surface area contributed by atoms with Crippen molar-refractivity contribution in [3.63, 3.8) is 0 Å². The van der Waals surface area contributed by atoms with Gasteiger partial charge in [0.05, 0.1) is 17.0 Å². The van der Waals surface area contributed by atoms with Crippen molar-refractivity contribution in [2.45, 2.75) is 25.7 Å². The van der Waals surface area contributed by atoms with Crippen LogP contribution in [0.2, 0.25) is 5.02 Å². The molecule has 0 bridgehead atoms. The monoisotopic (exact) mass is 517 g/mol. The lowest BCUT2D eigenvalue weighted by Crippen LogP contribution is -2.00. The highest BCUT2D eigenvalue weighted by atomic mass is 35.5. The van der Waals surface area contributed by atoms with E-state index in [4.69, 9.17) is 16.6 Å². The zero-order chi connectivity index (χ0) is 25.2. The maximum Gasteiger partial charge on any atom is 0.134 e. The molecule has 180 valence electrons. The van der Waals surface area contributed by atoms with Gasteiger partial charge in [-0.1, -0.05) is 72.3 Å². The van der Waals surface area contributed by atoms with Gasteiger partial charge in [0, 0.05) is 27.4 Å². The fraction of sp³-hybridized carbons (Fsp3) is 0.125. The second-order valence-electron chi connectivity index (χ2n) is 9.14. The van der Waals surface area contributed by atoms with Crippen LogP contribution in [0.1, 0.15) is 34.4 Å². The number of thiophene rings is 1. The third kappa shape index (κ3) is 4.53. The second kappa shape index (κ2) is 10.2. The second-order valence-corrected chi connectivity index (χ2v) is 10.7. The first-order valence-corrected chi connectivity index (χ1v) is 13.6. The number of nitriles is 1. The number of halogens is 1. The van der Waals surface area contributed by atoms with Gasteiger partial charge in [0.1, 0.15) is 11.1 Å². The van der Waals surface area contributed by atoms with Crippen molar-refractivity contribution in [1.82, 2.24) is 4.57 Å². The smallest absolute Gasteiger partial charge is 0.134 e. The Hall–Kier alpha value is -3.91. The minimum Gasteiger partial charge on any atom is -0.309 e. The maximum atomic E-state index is 9.93. The van der Waals surface area contributed by atoms with Crippen LogP contribution in [0.15, 0.2) is 96.0 Å². The number of benzene rings is 3. The maximum absolute atomic E-state index is 9.93. The Labute approximate surface area is 225 Å². The minimum atomic E-state index is 0.700. The van der Waals surface area contributed by atoms with Crippen molar-refractivity contribution in [2.24, 2.45) is 4.99 Å². The molecule has 0 saturated heterocycles. The van der Waals surface area contributed by atoms with Crippen molar-refractivity contribution in [3.05, 3.63) is 118 Å². The fourth-order valence-electron chi connectivity index (χ4n) is 5.09. The van der Waals surface area contributed by atoms with Gasteiger partial charge in [-0.2, -0.15) is 5.26 Å². The van der Waals surface area contributed by atoms with Crippen molar-refractivity contribution < 1.29 is 0 Å². The van der Waals surface area contributed by atoms with Crippen LogP contribution in [0.4, 0.5) is 5.00 Å². The van der Waals surface area contributed by atoms with E-state index in [2.05, 4.69) is 65.2 Å². The number of hydrogen-bond acceptors (Lipinski definition) is 3. The highest BCUT2D eigenvalue weighted by Crippen LogP contribution is 2.40. The molecule has 1 aliphatic rings. The molecule has 1 aliphatic carbocycles. The summed E-state index contributed by atoms with van der Waals surface area (Å²) in [5, 5.41) is 11.4. The summed E-state index contributed by atoms with van der Waals surface area (Å²) in [5.41, 5.74) is 8.28. The van der Waals surface area contributed by atoms with E-state index in [0.29, 0.717) is 5.02 Å². The third-order valence-corrected chi connectivity index (χ3v) is 8.27. The molecule has 5 heteroatoms. The molecule has 0 saturated carbocycles. The van der Waals surface area contributed by atoms with Crippen LogP contribution in [0.25, 0.3) is 28.2 Å². The van der Waals surface area contributed by atoms with Crippen LogP contribution < -0.4 is 0 Å². The Balaban J connectivity index is 1.58. The van der Waals surface area contributed by atoms with Crippen molar-refractivity contribution >= 4 is 34.2 Å². The van der Waals surface area contributed by atoms with Crippen LogP contribution in [0, 0.1) is 11.3 Å². The molecule has 2 aromatic heterocycles. The van der Waals surface area contributed by atoms with Crippen molar-refractivity contribution in [2.75, 3.05) is 0 Å². The number of nitrogens with zero attached hydrogens (tertiary/aromatic N) is 3. The van der Waals surface area contributed by atoms with Crippen LogP contribution in [-0.2, 0) is 12.8 Å². The molecular weight excluding hydrogens is 494 g/mol. The summed E-state index contributed by atoms with van der Waals surface area (Å²) in [6.07, 6.45) is 6.28. The van der Waals surface area contributed by atoms with Gasteiger partial charge in [0.2, 0.25) is 0 Å². The molecule has 5 aromatic rings. The van der Waals surface area contributed by atoms with Gasteiger partial charge in [-0.3, -0.25) is 0 Å². The lowest BCUT2D eigenvalue weighted by molar-refractivity contribution is 0.696. The molecule has 0 radical (unpaired) electrons. The lowest BCUT2D eigenvalue weighted by Gasteiger charge is -2.15. The topological polar surface area (TPSA) is 41.1 Å². The number of fused-ring (bicyclic) bond motifs is 1. The van der Waals surface area contributed by atoms with E-state index in [-0.39, 0.29) is 0 Å². The Kier molecular flexibility index (Phi) is 6.49. The van der Waals surface area contributed by atoms with E-state index in [0.717, 1.165) is 63.6 Å². The number of aliphatic imine (C=N–C) groups is 1. The Bertz CT molecular complexity index is 1620. The zero-order valence-corrected chi connectivity index (χ0v) is 21.8. The molecule has 0 spiro atoms. The Morgan fingerprint density at radius 1 is 0.865 bits per heavy atom. The molecule has 3 aromatic carbocycles. The van der Waals surface area contributed by atoms with E-state index in [1.807, 2.05) is 42.6 Å². The SMILES string of the molecule is N#Cc1c(N=Cc2cc(-c3ccccc3)n(-c3ccc(Cl)cc3)c2-c2ccccc2)sc2c1CCCC2. The van der Waals surface area contributed by atoms with Gasteiger partial charge in [-0.05, 0) is 72.7 Å². The molecule has 0 fully saturated rings. The highest BCUT2D eigenvalue weighted by Gasteiger charge is 2.22. The molecule has 0 aliphatic heterocycles. The van der Waals surface area contributed by atoms with Gasteiger partial charge in [0.25, 0.3) is 0 Å². The van der Waals surface area contributed by atoms with Gasteiger partial charge in [-0.15, -0.1) is 11.3 Å². The van der Waals surface area contributed by atoms with E-state index >= 15 is 0 Å². The molecule has 3 nitrogen and oxygen atoms in total. The van der Waals surface area contributed by atoms with Crippen LogP contribution >= 0.6 is 22.9 Å². The van der Waals surface area contributed by atoms with Gasteiger partial charge in [-0.25, -0.2) is 4.99 Å². The summed E-state index contributed by atoms with van der Waals surface area (Å²) in [6.45, 7) is 0. The summed E-state index contributed by atoms with van der Waals surface area (Å²) in [4.78, 5) is 6.25. The first kappa shape index (κ1) is 23.5. The van der Waals surface area contributed by atoms with Crippen LogP contribution in [0.3, 0.4) is 0 Å². The number of rotatable bonds is 5. The van der Waals surface area contributed by atoms with Gasteiger partial charge in [0.15, 0.2) is 0 Å². The summed E-state index contributed by atoms with van der Waals surface area (Å²) in [5.74, 6) is 0. The number of aromatic nitrogens is 1. The quantitative estimate of drug-likeness (QED) is 0.214. The Morgan fingerprint density at radius 3 is 2.24 bits per heavy atom. The number of aryl methyl sites for hydroxylation is 1. The first-order chi connectivity index (χ1) is 18.2.